The van der Waals surface area contributed by atoms with Crippen LogP contribution in [0.5, 0.6) is 0 Å². The fourth-order valence-corrected chi connectivity index (χ4v) is 1.55. The molecule has 3 N–H and O–H groups in total. The van der Waals surface area contributed by atoms with Crippen molar-refractivity contribution in [1.29, 1.82) is 0 Å². The van der Waals surface area contributed by atoms with Crippen LogP contribution in [0.4, 0.5) is 10.5 Å². The summed E-state index contributed by atoms with van der Waals surface area (Å²) in [6.07, 6.45) is 2.81. The third-order valence-corrected chi connectivity index (χ3v) is 2.41. The second-order valence-corrected chi connectivity index (χ2v) is 4.26. The van der Waals surface area contributed by atoms with Gasteiger partial charge in [-0.25, -0.2) is 4.79 Å². The number of aliphatic carboxylic acids is 1. The molecule has 0 radical (unpaired) electrons. The van der Waals surface area contributed by atoms with E-state index in [0.717, 1.165) is 0 Å². The van der Waals surface area contributed by atoms with Gasteiger partial charge in [-0.2, -0.15) is 5.10 Å². The van der Waals surface area contributed by atoms with Crippen molar-refractivity contribution in [2.45, 2.75) is 26.4 Å². The number of carboxylic acid groups (broad SMARTS) is 1. The van der Waals surface area contributed by atoms with Crippen molar-refractivity contribution in [3.63, 3.8) is 0 Å². The lowest BCUT2D eigenvalue weighted by Crippen LogP contribution is -2.41. The molecule has 0 aromatic carbocycles. The standard InChI is InChI=1S/C11H18N4O4/c1-8(2)15(3-4-16)11(19)13-9-5-12-14(6-9)7-10(17)18/h5-6,8,16H,3-4,7H2,1-2H3,(H,13,19)(H,17,18). The zero-order valence-corrected chi connectivity index (χ0v) is 10.9. The van der Waals surface area contributed by atoms with E-state index < -0.39 is 5.97 Å². The van der Waals surface area contributed by atoms with Crippen LogP contribution in [0.3, 0.4) is 0 Å². The van der Waals surface area contributed by atoms with Gasteiger partial charge in [-0.15, -0.1) is 0 Å². The lowest BCUT2D eigenvalue weighted by molar-refractivity contribution is -0.137. The van der Waals surface area contributed by atoms with Crippen LogP contribution < -0.4 is 5.32 Å². The van der Waals surface area contributed by atoms with Gasteiger partial charge in [-0.05, 0) is 13.8 Å². The Morgan fingerprint density at radius 1 is 1.53 bits per heavy atom. The topological polar surface area (TPSA) is 108 Å². The second-order valence-electron chi connectivity index (χ2n) is 4.26. The Morgan fingerprint density at radius 3 is 2.74 bits per heavy atom. The van der Waals surface area contributed by atoms with Gasteiger partial charge in [-0.1, -0.05) is 0 Å². The van der Waals surface area contributed by atoms with Gasteiger partial charge in [0, 0.05) is 18.8 Å². The summed E-state index contributed by atoms with van der Waals surface area (Å²) in [4.78, 5) is 23.9. The van der Waals surface area contributed by atoms with E-state index in [0.29, 0.717) is 5.69 Å². The maximum atomic E-state index is 11.9. The Morgan fingerprint density at radius 2 is 2.21 bits per heavy atom. The third-order valence-electron chi connectivity index (χ3n) is 2.41. The summed E-state index contributed by atoms with van der Waals surface area (Å²) in [5, 5.41) is 23.9. The molecule has 106 valence electrons. The van der Waals surface area contributed by atoms with E-state index in [4.69, 9.17) is 10.2 Å². The van der Waals surface area contributed by atoms with Gasteiger partial charge < -0.3 is 20.4 Å². The van der Waals surface area contributed by atoms with Gasteiger partial charge in [0.15, 0.2) is 0 Å². The number of nitrogens with zero attached hydrogens (tertiary/aromatic N) is 3. The minimum atomic E-state index is -1.01. The molecular formula is C11H18N4O4. The minimum absolute atomic E-state index is 0.0544. The van der Waals surface area contributed by atoms with Crippen molar-refractivity contribution in [1.82, 2.24) is 14.7 Å². The maximum Gasteiger partial charge on any atom is 0.325 e. The summed E-state index contributed by atoms with van der Waals surface area (Å²) in [6.45, 7) is 3.52. The molecule has 1 rings (SSSR count). The molecule has 0 bridgehead atoms. The third kappa shape index (κ3) is 4.59. The maximum absolute atomic E-state index is 11.9. The predicted octanol–water partition coefficient (Wildman–Crippen LogP) is 0.202. The summed E-state index contributed by atoms with van der Waals surface area (Å²) >= 11 is 0. The largest absolute Gasteiger partial charge is 0.480 e. The molecule has 0 saturated heterocycles. The molecule has 0 fully saturated rings. The molecule has 8 nitrogen and oxygen atoms in total. The first-order valence-corrected chi connectivity index (χ1v) is 5.86. The zero-order valence-electron chi connectivity index (χ0n) is 10.9. The van der Waals surface area contributed by atoms with Crippen molar-refractivity contribution in [2.75, 3.05) is 18.5 Å². The Bertz CT molecular complexity index is 444. The van der Waals surface area contributed by atoms with Gasteiger partial charge >= 0.3 is 12.0 Å². The van der Waals surface area contributed by atoms with Crippen LogP contribution in [0.2, 0.25) is 0 Å². The van der Waals surface area contributed by atoms with Crippen molar-refractivity contribution in [2.24, 2.45) is 0 Å². The number of hydrogen-bond donors (Lipinski definition) is 3. The Kier molecular flexibility index (Phi) is 5.31. The molecule has 0 spiro atoms. The van der Waals surface area contributed by atoms with E-state index in [-0.39, 0.29) is 31.8 Å². The van der Waals surface area contributed by atoms with E-state index in [9.17, 15) is 9.59 Å². The molecule has 0 unspecified atom stereocenters. The van der Waals surface area contributed by atoms with Crippen LogP contribution in [0.25, 0.3) is 0 Å². The molecule has 1 heterocycles. The summed E-state index contributed by atoms with van der Waals surface area (Å²) in [5.74, 6) is -1.01. The average molecular weight is 270 g/mol. The smallest absolute Gasteiger partial charge is 0.325 e. The molecule has 0 aliphatic rings. The van der Waals surface area contributed by atoms with Crippen molar-refractivity contribution in [3.05, 3.63) is 12.4 Å². The Hall–Kier alpha value is -2.09. The van der Waals surface area contributed by atoms with E-state index >= 15 is 0 Å². The summed E-state index contributed by atoms with van der Waals surface area (Å²) in [5.41, 5.74) is 0.412. The quantitative estimate of drug-likeness (QED) is 0.684. The summed E-state index contributed by atoms with van der Waals surface area (Å²) in [7, 11) is 0. The highest BCUT2D eigenvalue weighted by molar-refractivity contribution is 5.89. The first-order chi connectivity index (χ1) is 8.93. The van der Waals surface area contributed by atoms with Crippen LogP contribution >= 0.6 is 0 Å². The summed E-state index contributed by atoms with van der Waals surface area (Å²) < 4.78 is 1.21. The van der Waals surface area contributed by atoms with E-state index in [2.05, 4.69) is 10.4 Å². The van der Waals surface area contributed by atoms with Crippen LogP contribution in [-0.2, 0) is 11.3 Å². The molecule has 0 aliphatic carbocycles. The molecule has 2 amide bonds. The van der Waals surface area contributed by atoms with Gasteiger partial charge in [0.1, 0.15) is 6.54 Å². The monoisotopic (exact) mass is 270 g/mol. The highest BCUT2D eigenvalue weighted by Crippen LogP contribution is 2.08. The highest BCUT2D eigenvalue weighted by atomic mass is 16.4. The SMILES string of the molecule is CC(C)N(CCO)C(=O)Nc1cnn(CC(=O)O)c1. The second kappa shape index (κ2) is 6.74. The lowest BCUT2D eigenvalue weighted by atomic mass is 10.3. The number of carbonyl (C=O) groups is 2. The molecule has 19 heavy (non-hydrogen) atoms. The van der Waals surface area contributed by atoms with Gasteiger partial charge in [0.25, 0.3) is 0 Å². The minimum Gasteiger partial charge on any atom is -0.480 e. The first-order valence-electron chi connectivity index (χ1n) is 5.86. The number of urea groups is 1. The normalized spacial score (nSPS) is 10.5. The van der Waals surface area contributed by atoms with Gasteiger partial charge in [0.05, 0.1) is 18.5 Å². The number of anilines is 1. The fourth-order valence-electron chi connectivity index (χ4n) is 1.55. The number of aliphatic hydroxyl groups excluding tert-OH is 1. The first kappa shape index (κ1) is 15.0. The predicted molar refractivity (Wildman–Crippen MR) is 67.8 cm³/mol. The van der Waals surface area contributed by atoms with Gasteiger partial charge in [0.2, 0.25) is 0 Å². The number of rotatable bonds is 6. The number of amides is 2. The highest BCUT2D eigenvalue weighted by Gasteiger charge is 2.16. The lowest BCUT2D eigenvalue weighted by Gasteiger charge is -2.25. The van der Waals surface area contributed by atoms with E-state index in [1.165, 1.54) is 22.0 Å². The van der Waals surface area contributed by atoms with Crippen molar-refractivity contribution >= 4 is 17.7 Å². The van der Waals surface area contributed by atoms with E-state index in [1.807, 2.05) is 13.8 Å². The van der Waals surface area contributed by atoms with Gasteiger partial charge in [-0.3, -0.25) is 9.48 Å². The zero-order chi connectivity index (χ0) is 14.4. The van der Waals surface area contributed by atoms with Crippen LogP contribution in [0, 0.1) is 0 Å². The molecule has 8 heteroatoms. The number of aromatic nitrogens is 2. The van der Waals surface area contributed by atoms with Crippen LogP contribution in [-0.4, -0.2) is 56.1 Å². The summed E-state index contributed by atoms with van der Waals surface area (Å²) in [6, 6.07) is -0.417. The fraction of sp³-hybridized carbons (Fsp3) is 0.545. The number of hydrogen-bond acceptors (Lipinski definition) is 4. The Labute approximate surface area is 110 Å². The molecule has 0 aliphatic heterocycles. The average Bonchev–Trinajstić information content (AvgIpc) is 2.71. The number of carboxylic acids is 1. The van der Waals surface area contributed by atoms with Crippen LogP contribution in [0.1, 0.15) is 13.8 Å². The molecule has 1 aromatic rings. The number of aliphatic hydroxyl groups is 1. The Balaban J connectivity index is 2.64. The molecular weight excluding hydrogens is 252 g/mol. The number of nitrogens with one attached hydrogen (secondary N) is 1. The van der Waals surface area contributed by atoms with Crippen molar-refractivity contribution < 1.29 is 19.8 Å². The molecule has 0 saturated carbocycles. The van der Waals surface area contributed by atoms with E-state index in [1.54, 1.807) is 0 Å². The molecule has 1 aromatic heterocycles. The van der Waals surface area contributed by atoms with Crippen molar-refractivity contribution in [3.8, 4) is 0 Å². The number of carbonyl (C=O) groups excluding carboxylic acids is 1. The van der Waals surface area contributed by atoms with Crippen LogP contribution in [0.15, 0.2) is 12.4 Å². The molecule has 0 atom stereocenters.